The summed E-state index contributed by atoms with van der Waals surface area (Å²) in [6, 6.07) is 12.0. The molecule has 180 valence electrons. The average Bonchev–Trinajstić information content (AvgIpc) is 3.63. The number of carbonyl (C=O) groups is 3. The Balaban J connectivity index is 1.36. The highest BCUT2D eigenvalue weighted by Crippen LogP contribution is 2.62. The van der Waals surface area contributed by atoms with Crippen molar-refractivity contribution in [3.8, 4) is 11.5 Å². The number of imide groups is 1. The second-order valence-corrected chi connectivity index (χ2v) is 9.27. The molecule has 2 amide bonds. The Bertz CT molecular complexity index is 1290. The van der Waals surface area contributed by atoms with Crippen molar-refractivity contribution >= 4 is 29.2 Å². The van der Waals surface area contributed by atoms with Gasteiger partial charge in [-0.05, 0) is 36.6 Å². The first-order chi connectivity index (χ1) is 17.0. The lowest BCUT2D eigenvalue weighted by atomic mass is 9.71. The number of para-hydroxylation sites is 1. The van der Waals surface area contributed by atoms with Gasteiger partial charge in [0, 0.05) is 23.5 Å². The highest BCUT2D eigenvalue weighted by Gasteiger charge is 2.70. The molecule has 2 aliphatic heterocycles. The summed E-state index contributed by atoms with van der Waals surface area (Å²) in [7, 11) is 4.44. The Morgan fingerprint density at radius 2 is 1.71 bits per heavy atom. The van der Waals surface area contributed by atoms with E-state index in [-0.39, 0.29) is 46.9 Å². The molecule has 0 N–H and O–H groups in total. The van der Waals surface area contributed by atoms with Gasteiger partial charge in [0.2, 0.25) is 11.8 Å². The topological polar surface area (TPSA) is 104 Å². The van der Waals surface area contributed by atoms with E-state index in [9.17, 15) is 14.4 Å². The van der Waals surface area contributed by atoms with Gasteiger partial charge >= 0.3 is 5.97 Å². The molecule has 2 bridgehead atoms. The van der Waals surface area contributed by atoms with Crippen molar-refractivity contribution < 1.29 is 33.4 Å². The smallest absolute Gasteiger partial charge is 0.339 e. The van der Waals surface area contributed by atoms with E-state index in [1.165, 1.54) is 12.0 Å². The SMILES string of the molecule is COC(=O)c1ccccc1N1C(=O)[C@@H]2[C@H]3C[C@@H]([C@H]4ON=C(c5ccc(OC)cc5OC)[C@@H]34)[C@H]2C1=O. The number of nitrogens with zero attached hydrogens (tertiary/aromatic N) is 2. The number of carbonyl (C=O) groups excluding carboxylic acids is 3. The molecule has 1 saturated heterocycles. The molecule has 2 saturated carbocycles. The summed E-state index contributed by atoms with van der Waals surface area (Å²) in [6.45, 7) is 0. The number of methoxy groups -OCH3 is 3. The highest BCUT2D eigenvalue weighted by molar-refractivity contribution is 6.24. The van der Waals surface area contributed by atoms with Crippen molar-refractivity contribution in [3.05, 3.63) is 53.6 Å². The minimum absolute atomic E-state index is 0.102. The van der Waals surface area contributed by atoms with E-state index < -0.39 is 17.8 Å². The summed E-state index contributed by atoms with van der Waals surface area (Å²) in [5.41, 5.74) is 1.97. The van der Waals surface area contributed by atoms with Gasteiger partial charge in [0.15, 0.2) is 0 Å². The summed E-state index contributed by atoms with van der Waals surface area (Å²) < 4.78 is 15.8. The van der Waals surface area contributed by atoms with Gasteiger partial charge in [-0.3, -0.25) is 9.59 Å². The highest BCUT2D eigenvalue weighted by atomic mass is 16.6. The van der Waals surface area contributed by atoms with Gasteiger partial charge in [0.25, 0.3) is 0 Å². The number of anilines is 1. The summed E-state index contributed by atoms with van der Waals surface area (Å²) in [4.78, 5) is 46.7. The van der Waals surface area contributed by atoms with Gasteiger partial charge in [-0.25, -0.2) is 9.69 Å². The van der Waals surface area contributed by atoms with Gasteiger partial charge in [0.1, 0.15) is 17.6 Å². The van der Waals surface area contributed by atoms with Crippen LogP contribution in [0.2, 0.25) is 0 Å². The first-order valence-electron chi connectivity index (χ1n) is 11.5. The van der Waals surface area contributed by atoms with Crippen LogP contribution in [0.25, 0.3) is 0 Å². The summed E-state index contributed by atoms with van der Waals surface area (Å²) in [5.74, 6) is -1.25. The van der Waals surface area contributed by atoms with Gasteiger partial charge in [-0.15, -0.1) is 0 Å². The lowest BCUT2D eigenvalue weighted by molar-refractivity contribution is -0.125. The maximum absolute atomic E-state index is 13.7. The van der Waals surface area contributed by atoms with Gasteiger partial charge in [-0.1, -0.05) is 17.3 Å². The first kappa shape index (κ1) is 21.6. The molecule has 2 aliphatic carbocycles. The Labute approximate surface area is 201 Å². The number of esters is 1. The van der Waals surface area contributed by atoms with Crippen molar-refractivity contribution in [1.29, 1.82) is 0 Å². The Morgan fingerprint density at radius 3 is 2.43 bits per heavy atom. The molecule has 6 atom stereocenters. The summed E-state index contributed by atoms with van der Waals surface area (Å²) in [5, 5.41) is 4.40. The molecule has 2 heterocycles. The van der Waals surface area contributed by atoms with Crippen LogP contribution in [0.1, 0.15) is 22.3 Å². The fraction of sp³-hybridized carbons (Fsp3) is 0.385. The third-order valence-corrected chi connectivity index (χ3v) is 7.93. The Hall–Kier alpha value is -3.88. The van der Waals surface area contributed by atoms with Crippen LogP contribution in [0.3, 0.4) is 0 Å². The normalized spacial score (nSPS) is 30.0. The van der Waals surface area contributed by atoms with Crippen LogP contribution < -0.4 is 14.4 Å². The number of hydrogen-bond donors (Lipinski definition) is 0. The zero-order valence-electron chi connectivity index (χ0n) is 19.5. The molecule has 3 fully saturated rings. The predicted octanol–water partition coefficient (Wildman–Crippen LogP) is 2.67. The third-order valence-electron chi connectivity index (χ3n) is 7.93. The molecular formula is C26H24N2O7. The molecule has 2 aromatic carbocycles. The Morgan fingerprint density at radius 1 is 0.971 bits per heavy atom. The average molecular weight is 476 g/mol. The number of benzene rings is 2. The van der Waals surface area contributed by atoms with Crippen LogP contribution in [0.4, 0.5) is 5.69 Å². The molecule has 4 aliphatic rings. The van der Waals surface area contributed by atoms with Gasteiger partial charge in [-0.2, -0.15) is 0 Å². The number of fused-ring (bicyclic) bond motifs is 8. The molecule has 6 rings (SSSR count). The maximum atomic E-state index is 13.7. The van der Waals surface area contributed by atoms with Crippen LogP contribution >= 0.6 is 0 Å². The van der Waals surface area contributed by atoms with Crippen LogP contribution in [-0.2, 0) is 19.2 Å². The van der Waals surface area contributed by atoms with Crippen molar-refractivity contribution in [3.63, 3.8) is 0 Å². The standard InChI is InChI=1S/C26H24N2O7/c1-32-12-8-9-14(18(10-12)33-2)22-21-15-11-16(23(21)35-27-22)20-19(15)24(29)28(25(20)30)17-7-5-4-6-13(17)26(31)34-3/h4-10,15-16,19-21,23H,11H2,1-3H3/t15-,16-,19-,20-,21-,23-/m1/s1. The van der Waals surface area contributed by atoms with Crippen molar-refractivity contribution in [2.75, 3.05) is 26.2 Å². The van der Waals surface area contributed by atoms with E-state index in [2.05, 4.69) is 5.16 Å². The Kier molecular flexibility index (Phi) is 4.84. The van der Waals surface area contributed by atoms with Crippen molar-refractivity contribution in [1.82, 2.24) is 0 Å². The molecular weight excluding hydrogens is 452 g/mol. The van der Waals surface area contributed by atoms with E-state index >= 15 is 0 Å². The maximum Gasteiger partial charge on any atom is 0.339 e. The second kappa shape index (κ2) is 7.83. The quantitative estimate of drug-likeness (QED) is 0.483. The lowest BCUT2D eigenvalue weighted by Gasteiger charge is -2.30. The first-order valence-corrected chi connectivity index (χ1v) is 11.5. The third kappa shape index (κ3) is 2.87. The molecule has 0 aromatic heterocycles. The molecule has 0 spiro atoms. The molecule has 9 nitrogen and oxygen atoms in total. The predicted molar refractivity (Wildman–Crippen MR) is 123 cm³/mol. The van der Waals surface area contributed by atoms with E-state index in [0.717, 1.165) is 11.3 Å². The number of amides is 2. The minimum Gasteiger partial charge on any atom is -0.497 e. The number of ether oxygens (including phenoxy) is 3. The van der Waals surface area contributed by atoms with Gasteiger partial charge in [0.05, 0.1) is 50.1 Å². The second-order valence-electron chi connectivity index (χ2n) is 9.27. The van der Waals surface area contributed by atoms with E-state index in [1.807, 2.05) is 12.1 Å². The van der Waals surface area contributed by atoms with Crippen LogP contribution in [0, 0.1) is 29.6 Å². The molecule has 0 radical (unpaired) electrons. The lowest BCUT2D eigenvalue weighted by Crippen LogP contribution is -2.41. The van der Waals surface area contributed by atoms with Crippen molar-refractivity contribution in [2.45, 2.75) is 12.5 Å². The van der Waals surface area contributed by atoms with Gasteiger partial charge < -0.3 is 19.0 Å². The number of rotatable bonds is 5. The fourth-order valence-corrected chi connectivity index (χ4v) is 6.55. The van der Waals surface area contributed by atoms with Crippen LogP contribution in [-0.4, -0.2) is 50.9 Å². The molecule has 35 heavy (non-hydrogen) atoms. The van der Waals surface area contributed by atoms with Crippen LogP contribution in [0.15, 0.2) is 47.6 Å². The monoisotopic (exact) mass is 476 g/mol. The minimum atomic E-state index is -0.595. The number of hydrogen-bond acceptors (Lipinski definition) is 8. The van der Waals surface area contributed by atoms with E-state index in [4.69, 9.17) is 19.0 Å². The number of oxime groups is 1. The zero-order chi connectivity index (χ0) is 24.4. The van der Waals surface area contributed by atoms with Crippen LogP contribution in [0.5, 0.6) is 11.5 Å². The molecule has 2 aromatic rings. The summed E-state index contributed by atoms with van der Waals surface area (Å²) >= 11 is 0. The largest absolute Gasteiger partial charge is 0.497 e. The fourth-order valence-electron chi connectivity index (χ4n) is 6.55. The van der Waals surface area contributed by atoms with Crippen molar-refractivity contribution in [2.24, 2.45) is 34.7 Å². The van der Waals surface area contributed by atoms with E-state index in [0.29, 0.717) is 17.9 Å². The zero-order valence-corrected chi connectivity index (χ0v) is 19.5. The van der Waals surface area contributed by atoms with E-state index in [1.54, 1.807) is 44.6 Å². The molecule has 9 heteroatoms. The molecule has 0 unspecified atom stereocenters. The summed E-state index contributed by atoms with van der Waals surface area (Å²) in [6.07, 6.45) is 0.433.